The Balaban J connectivity index is 1.57. The Hall–Kier alpha value is -2.94. The lowest BCUT2D eigenvalue weighted by Gasteiger charge is -2.48. The largest absolute Gasteiger partial charge is 0.355 e. The van der Waals surface area contributed by atoms with Gasteiger partial charge in [-0.25, -0.2) is 4.98 Å². The third-order valence-electron chi connectivity index (χ3n) is 6.24. The Morgan fingerprint density at radius 2 is 2.14 bits per heavy atom. The maximum Gasteiger partial charge on any atom is 0.222 e. The molecule has 4 rings (SSSR count). The highest BCUT2D eigenvalue weighted by atomic mass is 16.2. The molecule has 0 saturated carbocycles. The molecule has 0 radical (unpaired) electrons. The first kappa shape index (κ1) is 19.4. The van der Waals surface area contributed by atoms with Gasteiger partial charge in [0.05, 0.1) is 5.56 Å². The second-order valence-electron chi connectivity index (χ2n) is 8.53. The second kappa shape index (κ2) is 7.82. The Labute approximate surface area is 172 Å². The van der Waals surface area contributed by atoms with E-state index in [0.29, 0.717) is 18.5 Å². The highest BCUT2D eigenvalue weighted by molar-refractivity contribution is 5.77. The Kier molecular flexibility index (Phi) is 5.23. The highest BCUT2D eigenvalue weighted by Crippen LogP contribution is 2.41. The van der Waals surface area contributed by atoms with Crippen molar-refractivity contribution in [3.05, 3.63) is 53.0 Å². The minimum absolute atomic E-state index is 0.0560. The number of pyridine rings is 2. The third kappa shape index (κ3) is 3.95. The van der Waals surface area contributed by atoms with E-state index < -0.39 is 0 Å². The number of carbonyl (C=O) groups is 1. The van der Waals surface area contributed by atoms with Crippen molar-refractivity contribution in [2.24, 2.45) is 5.41 Å². The topological polar surface area (TPSA) is 73.1 Å². The third-order valence-corrected chi connectivity index (χ3v) is 6.24. The van der Waals surface area contributed by atoms with E-state index in [4.69, 9.17) is 4.98 Å². The molecule has 1 spiro atoms. The number of amides is 1. The number of aromatic nitrogens is 2. The predicted molar refractivity (Wildman–Crippen MR) is 111 cm³/mol. The van der Waals surface area contributed by atoms with Crippen molar-refractivity contribution >= 4 is 11.7 Å². The van der Waals surface area contributed by atoms with Crippen LogP contribution in [0.3, 0.4) is 0 Å². The first-order valence-corrected chi connectivity index (χ1v) is 10.3. The minimum atomic E-state index is 0.0560. The Bertz CT molecular complexity index is 952. The van der Waals surface area contributed by atoms with Crippen molar-refractivity contribution in [2.45, 2.75) is 46.1 Å². The van der Waals surface area contributed by atoms with Crippen molar-refractivity contribution in [1.29, 1.82) is 5.26 Å². The molecular weight excluding hydrogens is 362 g/mol. The Morgan fingerprint density at radius 3 is 2.90 bits per heavy atom. The smallest absolute Gasteiger partial charge is 0.222 e. The van der Waals surface area contributed by atoms with Gasteiger partial charge in [-0.3, -0.25) is 9.78 Å². The lowest BCUT2D eigenvalue weighted by molar-refractivity contribution is -0.138. The van der Waals surface area contributed by atoms with Gasteiger partial charge in [0.2, 0.25) is 5.91 Å². The summed E-state index contributed by atoms with van der Waals surface area (Å²) in [5.74, 6) is 1.03. The van der Waals surface area contributed by atoms with E-state index >= 15 is 0 Å². The molecule has 0 bridgehead atoms. The average Bonchev–Trinajstić information content (AvgIpc) is 2.71. The van der Waals surface area contributed by atoms with Gasteiger partial charge in [0.25, 0.3) is 0 Å². The van der Waals surface area contributed by atoms with Crippen LogP contribution in [0.5, 0.6) is 0 Å². The molecule has 6 nitrogen and oxygen atoms in total. The van der Waals surface area contributed by atoms with Crippen LogP contribution < -0.4 is 4.90 Å². The number of anilines is 1. The number of aryl methyl sites for hydroxylation is 2. The summed E-state index contributed by atoms with van der Waals surface area (Å²) >= 11 is 0. The van der Waals surface area contributed by atoms with Gasteiger partial charge >= 0.3 is 0 Å². The number of likely N-dealkylation sites (tertiary alicyclic amines) is 1. The molecule has 0 aromatic carbocycles. The molecule has 0 N–H and O–H groups in total. The van der Waals surface area contributed by atoms with Gasteiger partial charge in [-0.05, 0) is 56.4 Å². The molecule has 150 valence electrons. The fourth-order valence-corrected chi connectivity index (χ4v) is 4.86. The van der Waals surface area contributed by atoms with Gasteiger partial charge in [-0.2, -0.15) is 5.26 Å². The van der Waals surface area contributed by atoms with Crippen LogP contribution >= 0.6 is 0 Å². The number of rotatable bonds is 3. The van der Waals surface area contributed by atoms with E-state index in [-0.39, 0.29) is 11.3 Å². The molecule has 29 heavy (non-hydrogen) atoms. The molecule has 1 atom stereocenters. The molecule has 2 aliphatic rings. The maximum absolute atomic E-state index is 12.6. The van der Waals surface area contributed by atoms with Crippen LogP contribution in [-0.4, -0.2) is 40.4 Å². The molecule has 6 heteroatoms. The van der Waals surface area contributed by atoms with Crippen LogP contribution in [0.2, 0.25) is 0 Å². The predicted octanol–water partition coefficient (Wildman–Crippen LogP) is 3.37. The molecule has 1 unspecified atom stereocenters. The van der Waals surface area contributed by atoms with E-state index in [1.807, 2.05) is 43.1 Å². The van der Waals surface area contributed by atoms with Gasteiger partial charge in [0, 0.05) is 56.1 Å². The van der Waals surface area contributed by atoms with Crippen LogP contribution in [0.4, 0.5) is 5.82 Å². The molecule has 4 heterocycles. The fourth-order valence-electron chi connectivity index (χ4n) is 4.86. The second-order valence-corrected chi connectivity index (χ2v) is 8.53. The van der Waals surface area contributed by atoms with Crippen LogP contribution in [0.15, 0.2) is 30.6 Å². The van der Waals surface area contributed by atoms with Crippen molar-refractivity contribution in [1.82, 2.24) is 14.9 Å². The molecule has 2 aromatic rings. The molecule has 2 saturated heterocycles. The number of piperidine rings is 2. The SMILES string of the molecule is Cc1cc(C)c(C#N)c(N2CCCC3(CCC(=O)N(Cc4cccnc4)C3)C2)n1. The van der Waals surface area contributed by atoms with E-state index in [1.54, 1.807) is 6.20 Å². The van der Waals surface area contributed by atoms with E-state index in [1.165, 1.54) is 0 Å². The zero-order chi connectivity index (χ0) is 20.4. The number of nitriles is 1. The van der Waals surface area contributed by atoms with Crippen molar-refractivity contribution in [2.75, 3.05) is 24.5 Å². The van der Waals surface area contributed by atoms with Gasteiger partial charge < -0.3 is 9.80 Å². The quantitative estimate of drug-likeness (QED) is 0.805. The maximum atomic E-state index is 12.6. The zero-order valence-electron chi connectivity index (χ0n) is 17.2. The summed E-state index contributed by atoms with van der Waals surface area (Å²) in [5, 5.41) is 9.69. The summed E-state index contributed by atoms with van der Waals surface area (Å²) < 4.78 is 0. The summed E-state index contributed by atoms with van der Waals surface area (Å²) in [5.41, 5.74) is 3.71. The zero-order valence-corrected chi connectivity index (χ0v) is 17.2. The average molecular weight is 390 g/mol. The molecule has 2 aliphatic heterocycles. The number of hydrogen-bond acceptors (Lipinski definition) is 5. The summed E-state index contributed by atoms with van der Waals surface area (Å²) in [7, 11) is 0. The van der Waals surface area contributed by atoms with Crippen LogP contribution in [0, 0.1) is 30.6 Å². The first-order valence-electron chi connectivity index (χ1n) is 10.3. The van der Waals surface area contributed by atoms with Gasteiger partial charge in [0.15, 0.2) is 0 Å². The minimum Gasteiger partial charge on any atom is -0.355 e. The van der Waals surface area contributed by atoms with Crippen LogP contribution in [-0.2, 0) is 11.3 Å². The molecule has 2 aromatic heterocycles. The highest BCUT2D eigenvalue weighted by Gasteiger charge is 2.42. The van der Waals surface area contributed by atoms with E-state index in [2.05, 4.69) is 16.0 Å². The number of hydrogen-bond donors (Lipinski definition) is 0. The summed E-state index contributed by atoms with van der Waals surface area (Å²) in [4.78, 5) is 25.8. The monoisotopic (exact) mass is 389 g/mol. The lowest BCUT2D eigenvalue weighted by atomic mass is 9.73. The summed E-state index contributed by atoms with van der Waals surface area (Å²) in [6.45, 7) is 7.07. The van der Waals surface area contributed by atoms with Crippen LogP contribution in [0.1, 0.15) is 48.1 Å². The number of carbonyl (C=O) groups excluding carboxylic acids is 1. The molecule has 2 fully saturated rings. The van der Waals surface area contributed by atoms with Crippen LogP contribution in [0.25, 0.3) is 0 Å². The lowest BCUT2D eigenvalue weighted by Crippen LogP contribution is -2.54. The van der Waals surface area contributed by atoms with Crippen molar-refractivity contribution in [3.8, 4) is 6.07 Å². The molecular formula is C23H27N5O. The summed E-state index contributed by atoms with van der Waals surface area (Å²) in [6, 6.07) is 8.26. The number of nitrogens with zero attached hydrogens (tertiary/aromatic N) is 5. The van der Waals surface area contributed by atoms with E-state index in [9.17, 15) is 10.1 Å². The standard InChI is InChI=1S/C23H27N5O/c1-17-11-18(2)26-22(20(17)12-24)27-10-4-7-23(15-27)8-6-21(29)28(16-23)14-19-5-3-9-25-13-19/h3,5,9,11,13H,4,6-8,10,14-16H2,1-2H3. The van der Waals surface area contributed by atoms with Crippen molar-refractivity contribution < 1.29 is 4.79 Å². The van der Waals surface area contributed by atoms with Gasteiger partial charge in [0.1, 0.15) is 11.9 Å². The first-order chi connectivity index (χ1) is 14.0. The molecule has 1 amide bonds. The van der Waals surface area contributed by atoms with E-state index in [0.717, 1.165) is 61.5 Å². The van der Waals surface area contributed by atoms with Crippen molar-refractivity contribution in [3.63, 3.8) is 0 Å². The molecule has 0 aliphatic carbocycles. The summed E-state index contributed by atoms with van der Waals surface area (Å²) in [6.07, 6.45) is 7.23. The Morgan fingerprint density at radius 1 is 1.28 bits per heavy atom. The normalized spacial score (nSPS) is 22.0. The van der Waals surface area contributed by atoms with Gasteiger partial charge in [-0.1, -0.05) is 6.07 Å². The van der Waals surface area contributed by atoms with Gasteiger partial charge in [-0.15, -0.1) is 0 Å². The fraction of sp³-hybridized carbons (Fsp3) is 0.478.